The third kappa shape index (κ3) is 9.85. The predicted octanol–water partition coefficient (Wildman–Crippen LogP) is 3.81. The number of hydrogen-bond acceptors (Lipinski definition) is 11. The monoisotopic (exact) mass is 781 g/mol. The van der Waals surface area contributed by atoms with Crippen LogP contribution in [0.25, 0.3) is 11.0 Å². The van der Waals surface area contributed by atoms with Crippen LogP contribution < -0.4 is 20.1 Å². The van der Waals surface area contributed by atoms with Crippen molar-refractivity contribution in [2.24, 2.45) is 5.92 Å². The molecule has 3 heterocycles. The molecule has 15 nitrogen and oxygen atoms in total. The zero-order valence-electron chi connectivity index (χ0n) is 31.3. The van der Waals surface area contributed by atoms with Gasteiger partial charge in [-0.3, -0.25) is 23.9 Å². The summed E-state index contributed by atoms with van der Waals surface area (Å²) in [6, 6.07) is 3.65. The minimum atomic E-state index is -3.94. The number of sulfonamides is 1. The summed E-state index contributed by atoms with van der Waals surface area (Å²) >= 11 is 0. The van der Waals surface area contributed by atoms with Gasteiger partial charge in [-0.2, -0.15) is 0 Å². The molecule has 6 rings (SSSR count). The maximum Gasteiger partial charge on any atom is 0.274 e. The summed E-state index contributed by atoms with van der Waals surface area (Å²) < 4.78 is 52.2. The number of hydrogen-bond donors (Lipinski definition) is 3. The molecule has 2 aromatic heterocycles. The predicted molar refractivity (Wildman–Crippen MR) is 199 cm³/mol. The van der Waals surface area contributed by atoms with Gasteiger partial charge in [0.1, 0.15) is 35.2 Å². The van der Waals surface area contributed by atoms with Gasteiger partial charge in [0.05, 0.1) is 23.4 Å². The Labute approximate surface area is 319 Å². The van der Waals surface area contributed by atoms with E-state index in [9.17, 15) is 32.0 Å². The number of halogens is 1. The Hall–Kier alpha value is -4.93. The van der Waals surface area contributed by atoms with Crippen LogP contribution in [-0.2, 0) is 30.8 Å². The number of ether oxygens (including phenoxy) is 1. The van der Waals surface area contributed by atoms with Gasteiger partial charge in [0.15, 0.2) is 11.5 Å². The highest BCUT2D eigenvalue weighted by molar-refractivity contribution is 7.91. The van der Waals surface area contributed by atoms with E-state index in [0.29, 0.717) is 48.6 Å². The van der Waals surface area contributed by atoms with E-state index in [-0.39, 0.29) is 36.5 Å². The van der Waals surface area contributed by atoms with Crippen molar-refractivity contribution < 1.29 is 41.2 Å². The molecule has 3 atom stereocenters. The maximum absolute atomic E-state index is 14.6. The molecular formula is C38H48FN7O8S. The average molecular weight is 782 g/mol. The second-order valence-corrected chi connectivity index (χ2v) is 17.1. The van der Waals surface area contributed by atoms with Crippen LogP contribution in [0.5, 0.6) is 5.88 Å². The Kier molecular flexibility index (Phi) is 12.2. The molecule has 0 radical (unpaired) electrons. The Balaban J connectivity index is 1.20. The normalized spacial score (nSPS) is 19.7. The van der Waals surface area contributed by atoms with Crippen LogP contribution in [0.4, 0.5) is 4.39 Å². The van der Waals surface area contributed by atoms with Gasteiger partial charge in [0.25, 0.3) is 11.8 Å². The van der Waals surface area contributed by atoms with E-state index in [1.807, 2.05) is 11.6 Å². The van der Waals surface area contributed by atoms with Gasteiger partial charge >= 0.3 is 0 Å². The van der Waals surface area contributed by atoms with E-state index in [2.05, 4.69) is 37.9 Å². The van der Waals surface area contributed by atoms with Crippen molar-refractivity contribution >= 4 is 44.7 Å². The van der Waals surface area contributed by atoms with E-state index in [0.717, 1.165) is 19.3 Å². The summed E-state index contributed by atoms with van der Waals surface area (Å²) in [5.74, 6) is -2.22. The summed E-state index contributed by atoms with van der Waals surface area (Å²) in [5, 5.41) is 9.11. The molecule has 2 saturated carbocycles. The van der Waals surface area contributed by atoms with Crippen molar-refractivity contribution in [1.29, 1.82) is 0 Å². The van der Waals surface area contributed by atoms with E-state index >= 15 is 0 Å². The van der Waals surface area contributed by atoms with Crippen molar-refractivity contribution in [2.75, 3.05) is 13.1 Å². The maximum atomic E-state index is 14.6. The lowest BCUT2D eigenvalue weighted by atomic mass is 10.0. The van der Waals surface area contributed by atoms with Crippen molar-refractivity contribution in [3.05, 3.63) is 59.4 Å². The SMILES string of the molecule is CCc1cc(C(=O)N[C@@H](CCCCC/C=C\C2CC2)C(=O)N2C[C@H](Oc3nc4c(F)cccc4nc3C)C[C@H]2C(=O)NCC(=O)NS(=O)(=O)C2(C)CC2)no1. The van der Waals surface area contributed by atoms with Crippen molar-refractivity contribution in [3.63, 3.8) is 0 Å². The second kappa shape index (κ2) is 16.8. The van der Waals surface area contributed by atoms with Gasteiger partial charge in [-0.25, -0.2) is 22.8 Å². The summed E-state index contributed by atoms with van der Waals surface area (Å²) in [5.41, 5.74) is 0.698. The topological polar surface area (TPSA) is 203 Å². The molecule has 3 fully saturated rings. The first-order valence-corrected chi connectivity index (χ1v) is 20.4. The van der Waals surface area contributed by atoms with Crippen LogP contribution in [0.2, 0.25) is 0 Å². The van der Waals surface area contributed by atoms with E-state index in [1.54, 1.807) is 13.0 Å². The molecule has 0 spiro atoms. The molecule has 1 saturated heterocycles. The third-order valence-electron chi connectivity index (χ3n) is 10.3. The van der Waals surface area contributed by atoms with Gasteiger partial charge < -0.3 is 24.8 Å². The standard InChI is InChI=1S/C38H48FN7O8S/c1-4-25-19-30(44-54-25)34(48)42-29(13-9-7-5-6-8-11-24-15-16-24)37(50)46-22-26(53-36-23(2)41-28-14-10-12-27(39)33(28)43-36)20-31(46)35(49)40-21-32(47)45-55(51,52)38(3)17-18-38/h8,10-12,14,19,24,26,29,31H,4-7,9,13,15-18,20-22H2,1-3H3,(H,40,49)(H,42,48)(H,45,47)/b11-8-/t26-,29+,31+/m1/s1. The molecule has 296 valence electrons. The fraction of sp³-hybridized carbons (Fsp3) is 0.553. The third-order valence-corrected chi connectivity index (χ3v) is 12.5. The van der Waals surface area contributed by atoms with Crippen molar-refractivity contribution in [2.45, 2.75) is 114 Å². The first-order valence-electron chi connectivity index (χ1n) is 18.9. The van der Waals surface area contributed by atoms with Crippen LogP contribution in [-0.4, -0.2) is 88.1 Å². The molecule has 55 heavy (non-hydrogen) atoms. The molecular weight excluding hydrogens is 734 g/mol. The van der Waals surface area contributed by atoms with Gasteiger partial charge in [0.2, 0.25) is 27.7 Å². The Morgan fingerprint density at radius 1 is 1.15 bits per heavy atom. The molecule has 0 unspecified atom stereocenters. The van der Waals surface area contributed by atoms with Crippen LogP contribution in [0.3, 0.4) is 0 Å². The number of aryl methyl sites for hydroxylation is 2. The van der Waals surface area contributed by atoms with Gasteiger partial charge in [-0.1, -0.05) is 43.1 Å². The number of nitrogens with one attached hydrogen (secondary N) is 3. The number of fused-ring (bicyclic) bond motifs is 1. The molecule has 3 aromatic rings. The zero-order valence-corrected chi connectivity index (χ0v) is 32.1. The number of carbonyl (C=O) groups is 4. The van der Waals surface area contributed by atoms with Crippen molar-refractivity contribution in [1.82, 2.24) is 35.4 Å². The number of unbranched alkanes of at least 4 members (excludes halogenated alkanes) is 3. The lowest BCUT2D eigenvalue weighted by Gasteiger charge is -2.28. The fourth-order valence-electron chi connectivity index (χ4n) is 6.44. The summed E-state index contributed by atoms with van der Waals surface area (Å²) in [4.78, 5) is 64.3. The molecule has 3 N–H and O–H groups in total. The van der Waals surface area contributed by atoms with E-state index < -0.39 is 68.9 Å². The van der Waals surface area contributed by atoms with Crippen molar-refractivity contribution in [3.8, 4) is 5.88 Å². The highest BCUT2D eigenvalue weighted by Crippen LogP contribution is 2.42. The Morgan fingerprint density at radius 3 is 2.64 bits per heavy atom. The number of nitrogens with zero attached hydrogens (tertiary/aromatic N) is 4. The number of rotatable bonds is 18. The van der Waals surface area contributed by atoms with Crippen LogP contribution >= 0.6 is 0 Å². The summed E-state index contributed by atoms with van der Waals surface area (Å²) in [6.45, 7) is 4.25. The van der Waals surface area contributed by atoms with E-state index in [1.165, 1.54) is 42.9 Å². The number of aromatic nitrogens is 3. The average Bonchev–Trinajstić information content (AvgIpc) is 4.03. The largest absolute Gasteiger partial charge is 0.471 e. The van der Waals surface area contributed by atoms with Gasteiger partial charge in [0, 0.05) is 18.9 Å². The molecule has 4 amide bonds. The van der Waals surface area contributed by atoms with Crippen LogP contribution in [0.15, 0.2) is 40.9 Å². The summed E-state index contributed by atoms with van der Waals surface area (Å²) in [6.07, 6.45) is 10.8. The first-order chi connectivity index (χ1) is 26.3. The zero-order chi connectivity index (χ0) is 39.3. The minimum Gasteiger partial charge on any atom is -0.471 e. The summed E-state index contributed by atoms with van der Waals surface area (Å²) in [7, 11) is -3.94. The molecule has 17 heteroatoms. The first kappa shape index (κ1) is 39.8. The number of likely N-dealkylation sites (tertiary alicyclic amines) is 1. The Morgan fingerprint density at radius 2 is 1.93 bits per heavy atom. The smallest absolute Gasteiger partial charge is 0.274 e. The minimum absolute atomic E-state index is 0.00534. The van der Waals surface area contributed by atoms with Gasteiger partial charge in [-0.15, -0.1) is 0 Å². The van der Waals surface area contributed by atoms with Crippen LogP contribution in [0, 0.1) is 18.7 Å². The van der Waals surface area contributed by atoms with Crippen LogP contribution in [0.1, 0.15) is 100.0 Å². The molecule has 2 aliphatic carbocycles. The number of para-hydroxylation sites is 1. The lowest BCUT2D eigenvalue weighted by molar-refractivity contribution is -0.140. The highest BCUT2D eigenvalue weighted by Gasteiger charge is 2.51. The molecule has 1 aliphatic heterocycles. The number of amides is 4. The number of carbonyl (C=O) groups excluding carboxylic acids is 4. The van der Waals surface area contributed by atoms with E-state index in [4.69, 9.17) is 9.26 Å². The quantitative estimate of drug-likeness (QED) is 0.125. The van der Waals surface area contributed by atoms with Gasteiger partial charge in [-0.05, 0) is 76.8 Å². The molecule has 3 aliphatic rings. The Bertz CT molecular complexity index is 2060. The highest BCUT2D eigenvalue weighted by atomic mass is 32.2. The number of allylic oxidation sites excluding steroid dienone is 2. The molecule has 0 bridgehead atoms. The molecule has 1 aromatic carbocycles. The number of benzene rings is 1. The lowest BCUT2D eigenvalue weighted by Crippen LogP contribution is -2.54. The fourth-order valence-corrected chi connectivity index (χ4v) is 7.70. The second-order valence-electron chi connectivity index (χ2n) is 14.9.